The molecule has 0 aliphatic rings. The molecule has 147 heavy (non-hydrogen) atoms. The maximum atomic E-state index is 5.82. The van der Waals surface area contributed by atoms with Crippen molar-refractivity contribution in [2.24, 2.45) is 63.4 Å². The molecule has 746 valence electrons. The van der Waals surface area contributed by atoms with Gasteiger partial charge in [0.1, 0.15) is 39.8 Å². The zero-order valence-electron chi connectivity index (χ0n) is 78.2. The number of nitrogens with zero attached hydrogens (tertiary/aromatic N) is 30. The van der Waals surface area contributed by atoms with Crippen molar-refractivity contribution in [1.29, 1.82) is 0 Å². The van der Waals surface area contributed by atoms with Crippen molar-refractivity contribution in [3.8, 4) is 96.1 Å². The summed E-state index contributed by atoms with van der Waals surface area (Å²) in [7, 11) is 17.4. The van der Waals surface area contributed by atoms with E-state index >= 15 is 0 Å². The predicted molar refractivity (Wildman–Crippen MR) is 515 cm³/mol. The normalized spacial score (nSPS) is 11.2. The third-order valence-corrected chi connectivity index (χ3v) is 24.2. The van der Waals surface area contributed by atoms with Crippen LogP contribution in [0, 0.1) is 63.1 Å². The maximum absolute atomic E-state index is 5.82. The van der Waals surface area contributed by atoms with Gasteiger partial charge in [-0.25, -0.2) is 9.97 Å². The smallest absolute Gasteiger partial charge is 0.668 e. The average molecular weight is 3020 g/mol. The van der Waals surface area contributed by atoms with E-state index in [4.69, 9.17) is 56.4 Å². The summed E-state index contributed by atoms with van der Waals surface area (Å²) in [5.41, 5.74) is 30.2. The number of imidazole rings is 12. The quantitative estimate of drug-likeness (QED) is 0.0810. The molecule has 0 saturated carbocycles. The molecule has 30 rings (SSSR count). The molecule has 30 aromatic rings. The van der Waals surface area contributed by atoms with Crippen LogP contribution in [-0.2, 0) is 190 Å². The molecular formula is C105H72N30O6Pt6-8. The van der Waals surface area contributed by atoms with Gasteiger partial charge >= 0.3 is 42.1 Å². The van der Waals surface area contributed by atoms with Crippen LogP contribution in [0.2, 0.25) is 0 Å². The zero-order valence-corrected chi connectivity index (χ0v) is 91.9. The Morgan fingerprint density at radius 1 is 0.293 bits per heavy atom. The molecule has 42 heteroatoms. The van der Waals surface area contributed by atoms with E-state index in [2.05, 4.69) is 103 Å². The fourth-order valence-electron chi connectivity index (χ4n) is 17.7. The largest absolute Gasteiger partial charge is 2.00 e. The summed E-state index contributed by atoms with van der Waals surface area (Å²) in [5.74, 6) is 0. The number of para-hydroxylation sites is 6. The number of benzene rings is 6. The van der Waals surface area contributed by atoms with Crippen LogP contribution in [0.4, 0.5) is 0 Å². The minimum absolute atomic E-state index is 0. The van der Waals surface area contributed by atoms with E-state index in [9.17, 15) is 0 Å². The maximum Gasteiger partial charge on any atom is 2.00 e. The number of furan rings is 6. The molecule has 0 radical (unpaired) electrons. The van der Waals surface area contributed by atoms with E-state index in [-0.39, 0.29) is 126 Å². The Morgan fingerprint density at radius 2 is 0.565 bits per heavy atom. The first-order valence-corrected chi connectivity index (χ1v) is 44.2. The first kappa shape index (κ1) is 100. The number of aromatic nitrogens is 30. The molecule has 0 aliphatic heterocycles. The molecule has 0 fully saturated rings. The first-order chi connectivity index (χ1) is 69.0. The molecule has 36 nitrogen and oxygen atoms in total. The summed E-state index contributed by atoms with van der Waals surface area (Å²) in [6.45, 7) is 0. The van der Waals surface area contributed by atoms with Gasteiger partial charge in [0.15, 0.2) is 0 Å². The van der Waals surface area contributed by atoms with Crippen LogP contribution in [-0.4, -0.2) is 94.7 Å². The third kappa shape index (κ3) is 18.1. The van der Waals surface area contributed by atoms with Crippen LogP contribution in [0.25, 0.3) is 228 Å². The van der Waals surface area contributed by atoms with E-state index < -0.39 is 0 Å². The minimum atomic E-state index is 0. The Balaban J connectivity index is 0.000000110. The monoisotopic (exact) mass is 3020 g/mol. The SMILES string of the molecule is Cn1[c-]nc(-c2cccc3c2[n-]c2c(-n4[c-][n+](C)cc4)coc23)c1.Cn1[c-]nc(-c2cccc3c2[n-]c2c(-n4[c-][n+](C)cc4)coc23)c1.Cn1[c-]nc(-c2cccc3c2[n-]c2c(-n4[c-][n+](C)cc4)coc23)c1.Cn1c[c-][n+](-c2cccc3c2[n-]c2c(-n4[c-]ncc4)coc23)c1.Cn1cnc(-c2cccc3c2[n-]c2c(-n4[c-]ncc4)coc23)c1.Cn1cnc(-c2cccc3c2[n-]c2c(-n4[c-]ncc4)coc23)c1.[Pt+2].[Pt+2].[Pt].[Pt].[Pt].[Pt]. The molecule has 0 aliphatic carbocycles. The van der Waals surface area contributed by atoms with Gasteiger partial charge in [0.2, 0.25) is 19.0 Å². The predicted octanol–water partition coefficient (Wildman–Crippen LogP) is 14.3. The Kier molecular flexibility index (Phi) is 28.0. The van der Waals surface area contributed by atoms with Crippen molar-refractivity contribution in [3.05, 3.63) is 340 Å². The molecule has 0 unspecified atom stereocenters. The van der Waals surface area contributed by atoms with Gasteiger partial charge in [-0.05, 0) is 54.7 Å². The Morgan fingerprint density at radius 3 is 0.803 bits per heavy atom. The molecule has 6 aromatic carbocycles. The second-order valence-electron chi connectivity index (χ2n) is 33.7. The Labute approximate surface area is 919 Å². The van der Waals surface area contributed by atoms with E-state index in [1.807, 2.05) is 318 Å². The van der Waals surface area contributed by atoms with E-state index in [1.54, 1.807) is 96.2 Å². The summed E-state index contributed by atoms with van der Waals surface area (Å²) < 4.78 is 64.4. The molecule has 24 aromatic heterocycles. The van der Waals surface area contributed by atoms with Gasteiger partial charge in [0, 0.05) is 219 Å². The minimum Gasteiger partial charge on any atom is -0.668 e. The fourth-order valence-corrected chi connectivity index (χ4v) is 17.7. The van der Waals surface area contributed by atoms with E-state index in [1.165, 1.54) is 0 Å². The Hall–Kier alpha value is -15.6. The van der Waals surface area contributed by atoms with Gasteiger partial charge in [-0.1, -0.05) is 197 Å². The van der Waals surface area contributed by atoms with Gasteiger partial charge in [0.05, 0.1) is 119 Å². The number of aryl methyl sites for hydroxylation is 9. The van der Waals surface area contributed by atoms with Crippen LogP contribution < -0.4 is 48.2 Å². The van der Waals surface area contributed by atoms with Crippen LogP contribution in [0.5, 0.6) is 0 Å². The van der Waals surface area contributed by atoms with Crippen LogP contribution in [0.1, 0.15) is 0 Å². The van der Waals surface area contributed by atoms with Crippen molar-refractivity contribution in [1.82, 2.24) is 125 Å². The molecule has 0 spiro atoms. The number of rotatable bonds is 12. The van der Waals surface area contributed by atoms with E-state index in [0.717, 1.165) is 228 Å². The molecule has 0 amide bonds. The van der Waals surface area contributed by atoms with Crippen LogP contribution in [0.3, 0.4) is 0 Å². The average Bonchev–Trinajstić information content (AvgIpc) is 1.62. The fraction of sp³-hybridized carbons (Fsp3) is 0.0857. The topological polar surface area (TPSA) is 341 Å². The molecule has 0 bridgehead atoms. The van der Waals surface area contributed by atoms with Crippen LogP contribution in [0.15, 0.2) is 304 Å². The first-order valence-electron chi connectivity index (χ1n) is 44.2. The second-order valence-corrected chi connectivity index (χ2v) is 33.7. The number of fused-ring (bicyclic) bond motifs is 18. The summed E-state index contributed by atoms with van der Waals surface area (Å²) in [6, 6.07) is 36.2. The molecule has 0 saturated heterocycles. The van der Waals surface area contributed by atoms with Gasteiger partial charge in [-0.3, -0.25) is 0 Å². The summed E-state index contributed by atoms with van der Waals surface area (Å²) in [5, 5.41) is 5.89. The zero-order chi connectivity index (χ0) is 94.9. The van der Waals surface area contributed by atoms with Crippen molar-refractivity contribution in [3.63, 3.8) is 0 Å². The summed E-state index contributed by atoms with van der Waals surface area (Å²) >= 11 is 0. The Bertz CT molecular complexity index is 8980. The van der Waals surface area contributed by atoms with Gasteiger partial charge < -0.3 is 159 Å². The van der Waals surface area contributed by atoms with Crippen molar-refractivity contribution >= 4 is 132 Å². The second kappa shape index (κ2) is 41.2. The molecule has 0 N–H and O–H groups in total. The summed E-state index contributed by atoms with van der Waals surface area (Å²) in [4.78, 5) is 62.7. The van der Waals surface area contributed by atoms with Crippen molar-refractivity contribution in [2.75, 3.05) is 0 Å². The third-order valence-electron chi connectivity index (χ3n) is 24.2. The summed E-state index contributed by atoms with van der Waals surface area (Å²) in [6.07, 6.45) is 79.5. The van der Waals surface area contributed by atoms with E-state index in [0.29, 0.717) is 0 Å². The standard InChI is InChI=1S/3C18H13N5O.3C17H11N5O.6Pt/c3*1-21-6-7-23(11-21)15-9-24-18-13-5-3-4-12(16(13)20-17(15)18)14-8-22(2)10-19-14;2*1-21-7-13(19-10-21)11-3-2-4-12-15(11)20-16-14(8-23-17(12)16)22-6-5-18-9-22;1-20-7-8-22(11-20)13-4-2-3-12-15(13)19-16-14(9-23-17(12)16)21-6-5-18-10-21;;;;;;/h3*3-9H,1-2H3;2*2-8,10H,1H3;2-7,9,11H,1H3;;;;;;/q6*-2;;;;;2*+2. The molecular weight excluding hydrogens is 2950 g/mol. The number of hydrogen-bond acceptors (Lipinski definition) is 14. The molecule has 0 atom stereocenters. The van der Waals surface area contributed by atoms with Gasteiger partial charge in [-0.2, -0.15) is 0 Å². The van der Waals surface area contributed by atoms with Crippen LogP contribution >= 0.6 is 0 Å². The van der Waals surface area contributed by atoms with Gasteiger partial charge in [-0.15, -0.1) is 68.2 Å². The van der Waals surface area contributed by atoms with Crippen molar-refractivity contribution < 1.29 is 171 Å². The van der Waals surface area contributed by atoms with Gasteiger partial charge in [0.25, 0.3) is 0 Å². The van der Waals surface area contributed by atoms with Crippen molar-refractivity contribution in [2.45, 2.75) is 0 Å². The number of hydrogen-bond donors (Lipinski definition) is 0. The molecule has 24 heterocycles.